The third-order valence-corrected chi connectivity index (χ3v) is 5.25. The summed E-state index contributed by atoms with van der Waals surface area (Å²) < 4.78 is 0. The number of carbonyl (C=O) groups is 1. The number of benzene rings is 2. The van der Waals surface area contributed by atoms with Crippen molar-refractivity contribution in [2.75, 3.05) is 4.90 Å². The molecule has 112 valence electrons. The normalized spacial score (nSPS) is 19.5. The van der Waals surface area contributed by atoms with Gasteiger partial charge in [-0.15, -0.1) is 0 Å². The van der Waals surface area contributed by atoms with Gasteiger partial charge in [-0.1, -0.05) is 61.4 Å². The first-order valence-corrected chi connectivity index (χ1v) is 8.22. The minimum absolute atomic E-state index is 0.136. The fourth-order valence-electron chi connectivity index (χ4n) is 4.12. The van der Waals surface area contributed by atoms with E-state index < -0.39 is 0 Å². The molecule has 1 spiro atoms. The molecule has 1 saturated carbocycles. The number of fused-ring (bicyclic) bond motifs is 1. The van der Waals surface area contributed by atoms with Gasteiger partial charge in [0.15, 0.2) is 0 Å². The van der Waals surface area contributed by atoms with Crippen LogP contribution >= 0.6 is 0 Å². The minimum Gasteiger partial charge on any atom is -0.307 e. The minimum atomic E-state index is -0.136. The average Bonchev–Trinajstić information content (AvgIpc) is 3.02. The van der Waals surface area contributed by atoms with E-state index in [4.69, 9.17) is 0 Å². The van der Waals surface area contributed by atoms with Gasteiger partial charge in [0, 0.05) is 5.69 Å². The van der Waals surface area contributed by atoms with Gasteiger partial charge >= 0.3 is 0 Å². The molecule has 1 amide bonds. The molecule has 2 aromatic rings. The number of amides is 1. The molecule has 22 heavy (non-hydrogen) atoms. The lowest BCUT2D eigenvalue weighted by Crippen LogP contribution is -2.47. The zero-order valence-corrected chi connectivity index (χ0v) is 12.8. The molecule has 0 unspecified atom stereocenters. The van der Waals surface area contributed by atoms with Crippen LogP contribution in [0.4, 0.5) is 5.69 Å². The lowest BCUT2D eigenvalue weighted by Gasteiger charge is -2.40. The first-order chi connectivity index (χ1) is 10.8. The lowest BCUT2D eigenvalue weighted by molar-refractivity contribution is -0.128. The SMILES string of the molecule is O=C1N(Cc2ccccc2)c2ccccc2CC12CCCC2. The molecule has 2 heteroatoms. The van der Waals surface area contributed by atoms with E-state index in [0.717, 1.165) is 24.9 Å². The van der Waals surface area contributed by atoms with Crippen molar-refractivity contribution in [1.29, 1.82) is 0 Å². The molecule has 0 bridgehead atoms. The number of para-hydroxylation sites is 1. The molecule has 2 aliphatic rings. The van der Waals surface area contributed by atoms with Crippen LogP contribution in [0.1, 0.15) is 36.8 Å². The van der Waals surface area contributed by atoms with Crippen molar-refractivity contribution < 1.29 is 4.79 Å². The first kappa shape index (κ1) is 13.6. The largest absolute Gasteiger partial charge is 0.307 e. The Morgan fingerprint density at radius 2 is 1.59 bits per heavy atom. The third kappa shape index (κ3) is 2.14. The van der Waals surface area contributed by atoms with Crippen LogP contribution in [0.3, 0.4) is 0 Å². The maximum Gasteiger partial charge on any atom is 0.233 e. The topological polar surface area (TPSA) is 20.3 Å². The molecule has 0 radical (unpaired) electrons. The maximum absolute atomic E-state index is 13.2. The Morgan fingerprint density at radius 1 is 0.909 bits per heavy atom. The number of carbonyl (C=O) groups excluding carboxylic acids is 1. The molecule has 1 fully saturated rings. The first-order valence-electron chi connectivity index (χ1n) is 8.22. The molecule has 2 nitrogen and oxygen atoms in total. The van der Waals surface area contributed by atoms with Crippen molar-refractivity contribution in [3.8, 4) is 0 Å². The van der Waals surface area contributed by atoms with Crippen LogP contribution < -0.4 is 4.90 Å². The predicted molar refractivity (Wildman–Crippen MR) is 88.7 cm³/mol. The predicted octanol–water partition coefficient (Wildman–Crippen LogP) is 4.34. The number of rotatable bonds is 2. The second kappa shape index (κ2) is 5.28. The van der Waals surface area contributed by atoms with Gasteiger partial charge < -0.3 is 4.90 Å². The molecule has 1 aliphatic heterocycles. The standard InChI is InChI=1S/C20H21NO/c22-19-20(12-6-7-13-20)14-17-10-4-5-11-18(17)21(19)15-16-8-2-1-3-9-16/h1-5,8-11H,6-7,12-15H2. The highest BCUT2D eigenvalue weighted by atomic mass is 16.2. The molecule has 0 saturated heterocycles. The van der Waals surface area contributed by atoms with Crippen LogP contribution in [-0.4, -0.2) is 5.91 Å². The summed E-state index contributed by atoms with van der Waals surface area (Å²) >= 11 is 0. The summed E-state index contributed by atoms with van der Waals surface area (Å²) in [5.74, 6) is 0.340. The van der Waals surface area contributed by atoms with Crippen LogP contribution in [0, 0.1) is 5.41 Å². The summed E-state index contributed by atoms with van der Waals surface area (Å²) in [5, 5.41) is 0. The highest BCUT2D eigenvalue weighted by Crippen LogP contribution is 2.48. The van der Waals surface area contributed by atoms with Crippen LogP contribution in [0.5, 0.6) is 0 Å². The third-order valence-electron chi connectivity index (χ3n) is 5.25. The van der Waals surface area contributed by atoms with Crippen LogP contribution in [0.15, 0.2) is 54.6 Å². The molecular weight excluding hydrogens is 270 g/mol. The number of anilines is 1. The van der Waals surface area contributed by atoms with E-state index in [0.29, 0.717) is 12.5 Å². The van der Waals surface area contributed by atoms with Crippen LogP contribution in [0.25, 0.3) is 0 Å². The Balaban J connectivity index is 1.76. The van der Waals surface area contributed by atoms with Crippen LogP contribution in [0.2, 0.25) is 0 Å². The summed E-state index contributed by atoms with van der Waals surface area (Å²) in [7, 11) is 0. The van der Waals surface area contributed by atoms with Gasteiger partial charge in [-0.25, -0.2) is 0 Å². The van der Waals surface area contributed by atoms with E-state index in [1.807, 2.05) is 29.2 Å². The van der Waals surface area contributed by atoms with Gasteiger partial charge in [0.05, 0.1) is 12.0 Å². The van der Waals surface area contributed by atoms with E-state index in [2.05, 4.69) is 30.3 Å². The zero-order valence-electron chi connectivity index (χ0n) is 12.8. The lowest BCUT2D eigenvalue weighted by atomic mass is 9.75. The van der Waals surface area contributed by atoms with Gasteiger partial charge in [0.25, 0.3) is 0 Å². The molecule has 1 heterocycles. The molecule has 0 aromatic heterocycles. The quantitative estimate of drug-likeness (QED) is 0.806. The second-order valence-electron chi connectivity index (χ2n) is 6.67. The fraction of sp³-hybridized carbons (Fsp3) is 0.350. The summed E-state index contributed by atoms with van der Waals surface area (Å²) in [6, 6.07) is 18.7. The Hall–Kier alpha value is -2.09. The highest BCUT2D eigenvalue weighted by molar-refractivity contribution is 6.00. The van der Waals surface area contributed by atoms with Crippen molar-refractivity contribution in [3.63, 3.8) is 0 Å². The fourth-order valence-corrected chi connectivity index (χ4v) is 4.12. The molecule has 0 N–H and O–H groups in total. The van der Waals surface area contributed by atoms with E-state index in [9.17, 15) is 4.79 Å². The molecule has 4 rings (SSSR count). The monoisotopic (exact) mass is 291 g/mol. The Morgan fingerprint density at radius 3 is 2.36 bits per heavy atom. The van der Waals surface area contributed by atoms with E-state index in [1.54, 1.807) is 0 Å². The van der Waals surface area contributed by atoms with Gasteiger partial charge in [0.2, 0.25) is 5.91 Å². The summed E-state index contributed by atoms with van der Waals surface area (Å²) in [5.41, 5.74) is 3.50. The van der Waals surface area contributed by atoms with Crippen molar-refractivity contribution in [2.45, 2.75) is 38.6 Å². The zero-order chi connectivity index (χ0) is 15.0. The summed E-state index contributed by atoms with van der Waals surface area (Å²) in [6.07, 6.45) is 5.39. The molecule has 2 aromatic carbocycles. The number of nitrogens with zero attached hydrogens (tertiary/aromatic N) is 1. The summed E-state index contributed by atoms with van der Waals surface area (Å²) in [6.45, 7) is 0.679. The second-order valence-corrected chi connectivity index (χ2v) is 6.67. The Bertz CT molecular complexity index is 686. The number of hydrogen-bond acceptors (Lipinski definition) is 1. The van der Waals surface area contributed by atoms with E-state index in [-0.39, 0.29) is 5.41 Å². The van der Waals surface area contributed by atoms with Gasteiger partial charge in [0.1, 0.15) is 0 Å². The average molecular weight is 291 g/mol. The smallest absolute Gasteiger partial charge is 0.233 e. The molecule has 1 aliphatic carbocycles. The van der Waals surface area contributed by atoms with Crippen molar-refractivity contribution >= 4 is 11.6 Å². The highest BCUT2D eigenvalue weighted by Gasteiger charge is 2.47. The molecular formula is C20H21NO. The van der Waals surface area contributed by atoms with Gasteiger partial charge in [-0.3, -0.25) is 4.79 Å². The van der Waals surface area contributed by atoms with Gasteiger partial charge in [-0.2, -0.15) is 0 Å². The number of hydrogen-bond donors (Lipinski definition) is 0. The Labute approximate surface area is 131 Å². The van der Waals surface area contributed by atoms with Crippen molar-refractivity contribution in [2.24, 2.45) is 5.41 Å². The summed E-state index contributed by atoms with van der Waals surface area (Å²) in [4.78, 5) is 15.3. The molecule has 0 atom stereocenters. The maximum atomic E-state index is 13.2. The van der Waals surface area contributed by atoms with Crippen molar-refractivity contribution in [1.82, 2.24) is 0 Å². The van der Waals surface area contributed by atoms with Crippen LogP contribution in [-0.2, 0) is 17.8 Å². The van der Waals surface area contributed by atoms with E-state index >= 15 is 0 Å². The van der Waals surface area contributed by atoms with E-state index in [1.165, 1.54) is 24.0 Å². The Kier molecular flexibility index (Phi) is 3.25. The van der Waals surface area contributed by atoms with Gasteiger partial charge in [-0.05, 0) is 36.5 Å². The van der Waals surface area contributed by atoms with Crippen molar-refractivity contribution in [3.05, 3.63) is 65.7 Å².